The lowest BCUT2D eigenvalue weighted by Crippen LogP contribution is -2.41. The van der Waals surface area contributed by atoms with Crippen LogP contribution in [0.2, 0.25) is 0 Å². The van der Waals surface area contributed by atoms with Crippen LogP contribution < -0.4 is 10.6 Å². The van der Waals surface area contributed by atoms with E-state index in [0.29, 0.717) is 17.6 Å². The Kier molecular flexibility index (Phi) is 3.49. The third kappa shape index (κ3) is 4.09. The minimum Gasteiger partial charge on any atom is -0.304 e. The highest BCUT2D eigenvalue weighted by Crippen LogP contribution is 2.40. The van der Waals surface area contributed by atoms with E-state index in [1.165, 1.54) is 24.2 Å². The van der Waals surface area contributed by atoms with Crippen molar-refractivity contribution in [2.24, 2.45) is 0 Å². The maximum absolute atomic E-state index is 11.6. The van der Waals surface area contributed by atoms with Crippen LogP contribution in [0.1, 0.15) is 45.2 Å². The van der Waals surface area contributed by atoms with E-state index >= 15 is 0 Å². The summed E-state index contributed by atoms with van der Waals surface area (Å²) in [6, 6.07) is 0. The van der Waals surface area contributed by atoms with Gasteiger partial charge in [0.15, 0.2) is 5.13 Å². The van der Waals surface area contributed by atoms with Crippen LogP contribution in [0.3, 0.4) is 0 Å². The van der Waals surface area contributed by atoms with Gasteiger partial charge in [0.05, 0.1) is 12.2 Å². The van der Waals surface area contributed by atoms with Gasteiger partial charge in [-0.05, 0) is 33.6 Å². The van der Waals surface area contributed by atoms with Gasteiger partial charge in [0.1, 0.15) is 0 Å². The van der Waals surface area contributed by atoms with Crippen molar-refractivity contribution < 1.29 is 4.79 Å². The second-order valence-electron chi connectivity index (χ2n) is 5.50. The molecule has 0 saturated heterocycles. The van der Waals surface area contributed by atoms with Crippen LogP contribution in [0.5, 0.6) is 0 Å². The molecule has 1 aliphatic carbocycles. The van der Waals surface area contributed by atoms with E-state index in [-0.39, 0.29) is 11.4 Å². The molecule has 1 aliphatic rings. The molecule has 1 fully saturated rings. The van der Waals surface area contributed by atoms with Crippen LogP contribution in [0.4, 0.5) is 5.13 Å². The Morgan fingerprint density at radius 1 is 1.53 bits per heavy atom. The first kappa shape index (κ1) is 12.5. The molecule has 2 rings (SSSR count). The third-order valence-electron chi connectivity index (χ3n) is 2.54. The number of nitrogens with zero attached hydrogens (tertiary/aromatic N) is 1. The van der Waals surface area contributed by atoms with Crippen LogP contribution in [-0.4, -0.2) is 23.0 Å². The molecule has 1 amide bonds. The molecule has 0 aliphatic heterocycles. The molecule has 0 atom stereocenters. The fourth-order valence-electron chi connectivity index (χ4n) is 1.42. The van der Waals surface area contributed by atoms with Gasteiger partial charge in [0.2, 0.25) is 5.91 Å². The Labute approximate surface area is 106 Å². The van der Waals surface area contributed by atoms with Crippen molar-refractivity contribution in [1.29, 1.82) is 0 Å². The van der Waals surface area contributed by atoms with Crippen molar-refractivity contribution in [3.63, 3.8) is 0 Å². The Bertz CT molecular complexity index is 404. The maximum atomic E-state index is 11.6. The molecule has 0 spiro atoms. The van der Waals surface area contributed by atoms with E-state index in [4.69, 9.17) is 0 Å². The number of nitrogens with one attached hydrogen (secondary N) is 2. The molecule has 1 aromatic heterocycles. The van der Waals surface area contributed by atoms with Gasteiger partial charge >= 0.3 is 0 Å². The lowest BCUT2D eigenvalue weighted by atomic mass is 10.1. The molecule has 4 nitrogen and oxygen atoms in total. The summed E-state index contributed by atoms with van der Waals surface area (Å²) in [6.45, 7) is 6.43. The average Bonchev–Trinajstić information content (AvgIpc) is 2.97. The number of carbonyl (C=O) groups excluding carboxylic acids is 1. The van der Waals surface area contributed by atoms with Crippen molar-refractivity contribution in [3.05, 3.63) is 11.1 Å². The van der Waals surface area contributed by atoms with Gasteiger partial charge in [-0.25, -0.2) is 4.98 Å². The van der Waals surface area contributed by atoms with Crippen molar-refractivity contribution >= 4 is 22.4 Å². The quantitative estimate of drug-likeness (QED) is 0.866. The van der Waals surface area contributed by atoms with Crippen molar-refractivity contribution in [3.8, 4) is 0 Å². The summed E-state index contributed by atoms with van der Waals surface area (Å²) in [4.78, 5) is 16.1. The summed E-state index contributed by atoms with van der Waals surface area (Å²) < 4.78 is 0. The number of anilines is 1. The Balaban J connectivity index is 1.80. The first-order valence-electron chi connectivity index (χ1n) is 5.94. The van der Waals surface area contributed by atoms with E-state index in [0.717, 1.165) is 5.69 Å². The Morgan fingerprint density at radius 2 is 2.24 bits per heavy atom. The highest BCUT2D eigenvalue weighted by molar-refractivity contribution is 7.13. The van der Waals surface area contributed by atoms with Crippen molar-refractivity contribution in [1.82, 2.24) is 10.3 Å². The lowest BCUT2D eigenvalue weighted by molar-refractivity contribution is -0.115. The highest BCUT2D eigenvalue weighted by Gasteiger charge is 2.26. The maximum Gasteiger partial charge on any atom is 0.240 e. The predicted octanol–water partition coefficient (Wildman–Crippen LogP) is 2.35. The lowest BCUT2D eigenvalue weighted by Gasteiger charge is -2.19. The number of amides is 1. The smallest absolute Gasteiger partial charge is 0.240 e. The normalized spacial score (nSPS) is 15.9. The van der Waals surface area contributed by atoms with Crippen LogP contribution >= 0.6 is 11.3 Å². The topological polar surface area (TPSA) is 54.0 Å². The number of rotatable bonds is 4. The molecule has 1 aromatic rings. The predicted molar refractivity (Wildman–Crippen MR) is 70.5 cm³/mol. The zero-order valence-corrected chi connectivity index (χ0v) is 11.4. The van der Waals surface area contributed by atoms with E-state index in [9.17, 15) is 4.79 Å². The van der Waals surface area contributed by atoms with Gasteiger partial charge in [0, 0.05) is 16.8 Å². The average molecular weight is 253 g/mol. The molecular weight excluding hydrogens is 234 g/mol. The summed E-state index contributed by atoms with van der Waals surface area (Å²) in [6.07, 6.45) is 2.48. The second-order valence-corrected chi connectivity index (χ2v) is 6.36. The molecular formula is C12H19N3OS. The van der Waals surface area contributed by atoms with Gasteiger partial charge in [-0.15, -0.1) is 11.3 Å². The number of thiazole rings is 1. The zero-order valence-electron chi connectivity index (χ0n) is 10.5. The molecule has 2 N–H and O–H groups in total. The van der Waals surface area contributed by atoms with Gasteiger partial charge in [-0.2, -0.15) is 0 Å². The molecule has 5 heteroatoms. The molecule has 0 bridgehead atoms. The molecule has 0 aromatic carbocycles. The first-order valence-corrected chi connectivity index (χ1v) is 6.82. The van der Waals surface area contributed by atoms with Crippen LogP contribution in [-0.2, 0) is 4.79 Å². The summed E-state index contributed by atoms with van der Waals surface area (Å²) in [5.74, 6) is 0.612. The minimum absolute atomic E-state index is 0.0309. The van der Waals surface area contributed by atoms with E-state index in [1.54, 1.807) is 0 Å². The Hall–Kier alpha value is -0.940. The van der Waals surface area contributed by atoms with E-state index in [2.05, 4.69) is 15.6 Å². The standard InChI is InChI=1S/C12H19N3OS/c1-12(2,3)13-6-10(16)15-11-14-9(7-17-11)8-4-5-8/h7-8,13H,4-6H2,1-3H3,(H,14,15,16). The monoisotopic (exact) mass is 253 g/mol. The second kappa shape index (κ2) is 4.74. The van der Waals surface area contributed by atoms with Crippen molar-refractivity contribution in [2.45, 2.75) is 45.1 Å². The van der Waals surface area contributed by atoms with Crippen molar-refractivity contribution in [2.75, 3.05) is 11.9 Å². The summed E-state index contributed by atoms with van der Waals surface area (Å²) in [7, 11) is 0. The minimum atomic E-state index is -0.0423. The van der Waals surface area contributed by atoms with E-state index in [1.807, 2.05) is 26.2 Å². The zero-order chi connectivity index (χ0) is 12.5. The van der Waals surface area contributed by atoms with Gasteiger partial charge in [0.25, 0.3) is 0 Å². The number of hydrogen-bond acceptors (Lipinski definition) is 4. The SMILES string of the molecule is CC(C)(C)NCC(=O)Nc1nc(C2CC2)cs1. The highest BCUT2D eigenvalue weighted by atomic mass is 32.1. The third-order valence-corrected chi connectivity index (χ3v) is 3.32. The van der Waals surface area contributed by atoms with Gasteiger partial charge < -0.3 is 10.6 Å². The van der Waals surface area contributed by atoms with Crippen LogP contribution in [0.15, 0.2) is 5.38 Å². The van der Waals surface area contributed by atoms with Crippen LogP contribution in [0.25, 0.3) is 0 Å². The summed E-state index contributed by atoms with van der Waals surface area (Å²) in [5.41, 5.74) is 1.09. The summed E-state index contributed by atoms with van der Waals surface area (Å²) in [5, 5.41) is 8.73. The van der Waals surface area contributed by atoms with Gasteiger partial charge in [-0.3, -0.25) is 4.79 Å². The van der Waals surface area contributed by atoms with E-state index < -0.39 is 0 Å². The van der Waals surface area contributed by atoms with Gasteiger partial charge in [-0.1, -0.05) is 0 Å². The fraction of sp³-hybridized carbons (Fsp3) is 0.667. The molecule has 1 saturated carbocycles. The molecule has 0 radical (unpaired) electrons. The molecule has 0 unspecified atom stereocenters. The summed E-state index contributed by atoms with van der Waals surface area (Å²) >= 11 is 1.51. The fourth-order valence-corrected chi connectivity index (χ4v) is 2.23. The molecule has 17 heavy (non-hydrogen) atoms. The number of hydrogen-bond donors (Lipinski definition) is 2. The molecule has 1 heterocycles. The number of carbonyl (C=O) groups is 1. The van der Waals surface area contributed by atoms with Crippen LogP contribution in [0, 0.1) is 0 Å². The first-order chi connectivity index (χ1) is 7.94. The largest absolute Gasteiger partial charge is 0.304 e. The molecule has 94 valence electrons. The number of aromatic nitrogens is 1. The Morgan fingerprint density at radius 3 is 2.82 bits per heavy atom.